The van der Waals surface area contributed by atoms with E-state index in [-0.39, 0.29) is 12.5 Å². The van der Waals surface area contributed by atoms with Crippen LogP contribution in [0.1, 0.15) is 20.3 Å². The maximum atomic E-state index is 10.9. The quantitative estimate of drug-likeness (QED) is 0.559. The van der Waals surface area contributed by atoms with Crippen LogP contribution in [0.15, 0.2) is 12.2 Å². The van der Waals surface area contributed by atoms with Gasteiger partial charge in [0.1, 0.15) is 12.7 Å². The Morgan fingerprint density at radius 2 is 2.06 bits per heavy atom. The molecule has 0 saturated heterocycles. The molecule has 5 nitrogen and oxygen atoms in total. The number of carbonyl (C=O) groups is 2. The summed E-state index contributed by atoms with van der Waals surface area (Å²) in [7, 11) is 0. The van der Waals surface area contributed by atoms with Crippen molar-refractivity contribution < 1.29 is 24.2 Å². The number of ether oxygens (including phenoxy) is 2. The number of hydrogen-bond donors (Lipinski definition) is 1. The lowest BCUT2D eigenvalue weighted by molar-refractivity contribution is -0.150. The maximum Gasteiger partial charge on any atom is 0.302 e. The van der Waals surface area contributed by atoms with Crippen LogP contribution in [0.5, 0.6) is 0 Å². The minimum atomic E-state index is -0.704. The molecule has 0 amide bonds. The highest BCUT2D eigenvalue weighted by molar-refractivity contribution is 5.66. The summed E-state index contributed by atoms with van der Waals surface area (Å²) in [5, 5.41) is 9.59. The van der Waals surface area contributed by atoms with Crippen molar-refractivity contribution in [2.75, 3.05) is 6.61 Å². The topological polar surface area (TPSA) is 72.8 Å². The SMILES string of the molecule is C=C1C(O)CC(OC(C)=O)C1COC(C)=O. The molecule has 0 spiro atoms. The molecule has 1 aliphatic rings. The van der Waals surface area contributed by atoms with Gasteiger partial charge in [-0.2, -0.15) is 0 Å². The number of carbonyl (C=O) groups excluding carboxylic acids is 2. The summed E-state index contributed by atoms with van der Waals surface area (Å²) in [5.74, 6) is -1.14. The first-order chi connectivity index (χ1) is 7.41. The third-order valence-corrected chi connectivity index (χ3v) is 2.59. The standard InChI is InChI=1S/C11H16O5/c1-6-9(5-15-7(2)12)11(4-10(6)14)16-8(3)13/h9-11,14H,1,4-5H2,2-3H3. The van der Waals surface area contributed by atoms with Gasteiger partial charge in [0.05, 0.1) is 12.0 Å². The van der Waals surface area contributed by atoms with Crippen molar-refractivity contribution in [3.63, 3.8) is 0 Å². The van der Waals surface area contributed by atoms with Crippen molar-refractivity contribution in [1.82, 2.24) is 0 Å². The summed E-state index contributed by atoms with van der Waals surface area (Å²) in [6.07, 6.45) is -0.853. The van der Waals surface area contributed by atoms with Gasteiger partial charge < -0.3 is 14.6 Å². The molecule has 16 heavy (non-hydrogen) atoms. The second-order valence-electron chi connectivity index (χ2n) is 3.88. The Balaban J connectivity index is 2.63. The maximum absolute atomic E-state index is 10.9. The molecule has 0 bridgehead atoms. The van der Waals surface area contributed by atoms with E-state index in [0.29, 0.717) is 12.0 Å². The minimum absolute atomic E-state index is 0.0865. The number of rotatable bonds is 3. The Labute approximate surface area is 94.0 Å². The summed E-state index contributed by atoms with van der Waals surface area (Å²) < 4.78 is 9.90. The lowest BCUT2D eigenvalue weighted by Crippen LogP contribution is -2.26. The van der Waals surface area contributed by atoms with Crippen LogP contribution >= 0.6 is 0 Å². The number of hydrogen-bond acceptors (Lipinski definition) is 5. The number of aliphatic hydroxyl groups excluding tert-OH is 1. The lowest BCUT2D eigenvalue weighted by atomic mass is 10.0. The van der Waals surface area contributed by atoms with Gasteiger partial charge in [0, 0.05) is 20.3 Å². The van der Waals surface area contributed by atoms with Gasteiger partial charge in [-0.3, -0.25) is 9.59 Å². The molecule has 0 aromatic rings. The van der Waals surface area contributed by atoms with E-state index < -0.39 is 24.1 Å². The first kappa shape index (κ1) is 12.7. The van der Waals surface area contributed by atoms with Crippen LogP contribution in [0.3, 0.4) is 0 Å². The molecule has 90 valence electrons. The van der Waals surface area contributed by atoms with Gasteiger partial charge in [0.25, 0.3) is 0 Å². The van der Waals surface area contributed by atoms with Gasteiger partial charge in [-0.15, -0.1) is 0 Å². The van der Waals surface area contributed by atoms with Crippen LogP contribution in [0.2, 0.25) is 0 Å². The number of aliphatic hydroxyl groups is 1. The summed E-state index contributed by atoms with van der Waals surface area (Å²) in [6, 6.07) is 0. The van der Waals surface area contributed by atoms with Gasteiger partial charge in [-0.05, 0) is 5.57 Å². The molecule has 3 atom stereocenters. The summed E-state index contributed by atoms with van der Waals surface area (Å²) in [5.41, 5.74) is 0.549. The van der Waals surface area contributed by atoms with E-state index in [1.807, 2.05) is 0 Å². The molecule has 1 saturated carbocycles. The van der Waals surface area contributed by atoms with Crippen molar-refractivity contribution in [3.8, 4) is 0 Å². The van der Waals surface area contributed by atoms with Crippen molar-refractivity contribution in [3.05, 3.63) is 12.2 Å². The lowest BCUT2D eigenvalue weighted by Gasteiger charge is -2.19. The van der Waals surface area contributed by atoms with Crippen LogP contribution in [-0.4, -0.2) is 35.9 Å². The van der Waals surface area contributed by atoms with Gasteiger partial charge in [0.2, 0.25) is 0 Å². The molecule has 0 aromatic carbocycles. The van der Waals surface area contributed by atoms with Gasteiger partial charge in [-0.1, -0.05) is 6.58 Å². The highest BCUT2D eigenvalue weighted by atomic mass is 16.6. The largest absolute Gasteiger partial charge is 0.465 e. The van der Waals surface area contributed by atoms with Crippen molar-refractivity contribution in [2.45, 2.75) is 32.5 Å². The van der Waals surface area contributed by atoms with E-state index in [4.69, 9.17) is 9.47 Å². The fraction of sp³-hybridized carbons (Fsp3) is 0.636. The van der Waals surface area contributed by atoms with Gasteiger partial charge in [-0.25, -0.2) is 0 Å². The normalized spacial score (nSPS) is 28.9. The van der Waals surface area contributed by atoms with E-state index in [2.05, 4.69) is 6.58 Å². The van der Waals surface area contributed by atoms with Crippen LogP contribution in [0.4, 0.5) is 0 Å². The van der Waals surface area contributed by atoms with Crippen molar-refractivity contribution >= 4 is 11.9 Å². The van der Waals surface area contributed by atoms with E-state index in [1.54, 1.807) is 0 Å². The van der Waals surface area contributed by atoms with E-state index in [0.717, 1.165) is 0 Å². The predicted molar refractivity (Wildman–Crippen MR) is 55.4 cm³/mol. The predicted octanol–water partition coefficient (Wildman–Crippen LogP) is 0.418. The second-order valence-corrected chi connectivity index (χ2v) is 3.88. The molecule has 1 rings (SSSR count). The Bertz CT molecular complexity index is 309. The summed E-state index contributed by atoms with van der Waals surface area (Å²) in [6.45, 7) is 6.41. The molecule has 0 aromatic heterocycles. The molecule has 0 radical (unpaired) electrons. The highest BCUT2D eigenvalue weighted by Crippen LogP contribution is 2.33. The van der Waals surface area contributed by atoms with Crippen LogP contribution in [0.25, 0.3) is 0 Å². The van der Waals surface area contributed by atoms with Crippen molar-refractivity contribution in [1.29, 1.82) is 0 Å². The molecule has 1 N–H and O–H groups in total. The Kier molecular flexibility index (Phi) is 4.06. The van der Waals surface area contributed by atoms with Crippen LogP contribution < -0.4 is 0 Å². The van der Waals surface area contributed by atoms with E-state index in [1.165, 1.54) is 13.8 Å². The average molecular weight is 228 g/mol. The summed E-state index contributed by atoms with van der Waals surface area (Å²) in [4.78, 5) is 21.6. The average Bonchev–Trinajstić information content (AvgIpc) is 2.39. The zero-order valence-electron chi connectivity index (χ0n) is 9.43. The van der Waals surface area contributed by atoms with Gasteiger partial charge >= 0.3 is 11.9 Å². The molecule has 0 heterocycles. The molecule has 1 fully saturated rings. The van der Waals surface area contributed by atoms with Crippen molar-refractivity contribution in [2.24, 2.45) is 5.92 Å². The smallest absolute Gasteiger partial charge is 0.302 e. The Morgan fingerprint density at radius 1 is 1.44 bits per heavy atom. The Hall–Kier alpha value is -1.36. The van der Waals surface area contributed by atoms with E-state index in [9.17, 15) is 14.7 Å². The van der Waals surface area contributed by atoms with Crippen LogP contribution in [-0.2, 0) is 19.1 Å². The molecule has 0 aliphatic heterocycles. The summed E-state index contributed by atoms with van der Waals surface area (Å²) >= 11 is 0. The molecular weight excluding hydrogens is 212 g/mol. The molecule has 3 unspecified atom stereocenters. The zero-order valence-corrected chi connectivity index (χ0v) is 9.43. The van der Waals surface area contributed by atoms with Crippen LogP contribution in [0, 0.1) is 5.92 Å². The molecular formula is C11H16O5. The monoisotopic (exact) mass is 228 g/mol. The fourth-order valence-electron chi connectivity index (χ4n) is 1.79. The zero-order chi connectivity index (χ0) is 12.3. The minimum Gasteiger partial charge on any atom is -0.465 e. The number of esters is 2. The Morgan fingerprint density at radius 3 is 2.56 bits per heavy atom. The first-order valence-electron chi connectivity index (χ1n) is 5.09. The first-order valence-corrected chi connectivity index (χ1v) is 5.09. The molecule has 5 heteroatoms. The fourth-order valence-corrected chi connectivity index (χ4v) is 1.79. The highest BCUT2D eigenvalue weighted by Gasteiger charge is 2.39. The third kappa shape index (κ3) is 3.06. The second kappa shape index (κ2) is 5.12. The van der Waals surface area contributed by atoms with Gasteiger partial charge in [0.15, 0.2) is 0 Å². The molecule has 1 aliphatic carbocycles. The third-order valence-electron chi connectivity index (χ3n) is 2.59. The van der Waals surface area contributed by atoms with E-state index >= 15 is 0 Å².